The molecule has 3 fully saturated rings. The Bertz CT molecular complexity index is 762. The molecule has 1 heterocycles. The van der Waals surface area contributed by atoms with Crippen molar-refractivity contribution in [2.75, 3.05) is 24.5 Å². The number of hydrogen-bond acceptors (Lipinski definition) is 2. The van der Waals surface area contributed by atoms with E-state index in [-0.39, 0.29) is 17.6 Å². The summed E-state index contributed by atoms with van der Waals surface area (Å²) in [5, 5.41) is 3.29. The highest BCUT2D eigenvalue weighted by atomic mass is 79.9. The Labute approximate surface area is 156 Å². The molecular weight excluding hydrogens is 383 g/mol. The van der Waals surface area contributed by atoms with E-state index in [1.165, 1.54) is 38.2 Å². The second-order valence-electron chi connectivity index (χ2n) is 8.51. The van der Waals surface area contributed by atoms with Crippen LogP contribution in [0.1, 0.15) is 50.5 Å². The molecule has 3 nitrogen and oxygen atoms in total. The quantitative estimate of drug-likeness (QED) is 0.811. The highest BCUT2D eigenvalue weighted by Gasteiger charge is 2.74. The summed E-state index contributed by atoms with van der Waals surface area (Å²) in [5.74, 6) is 0.572. The molecule has 3 saturated carbocycles. The van der Waals surface area contributed by atoms with Crippen molar-refractivity contribution >= 4 is 27.5 Å². The molecule has 1 aromatic rings. The smallest absolute Gasteiger partial charge is 0.229 e. The van der Waals surface area contributed by atoms with E-state index in [1.54, 1.807) is 6.07 Å². The molecule has 1 N–H and O–H groups in total. The second-order valence-corrected chi connectivity index (χ2v) is 9.36. The Hall–Kier alpha value is -1.10. The monoisotopic (exact) mass is 406 g/mol. The van der Waals surface area contributed by atoms with E-state index < -0.39 is 0 Å². The minimum absolute atomic E-state index is 0.102. The van der Waals surface area contributed by atoms with Gasteiger partial charge in [-0.3, -0.25) is 4.79 Å². The Balaban J connectivity index is 1.35. The summed E-state index contributed by atoms with van der Waals surface area (Å²) in [6.45, 7) is 4.30. The fourth-order valence-electron chi connectivity index (χ4n) is 6.17. The third kappa shape index (κ3) is 2.05. The van der Waals surface area contributed by atoms with Gasteiger partial charge in [0.2, 0.25) is 5.91 Å². The van der Waals surface area contributed by atoms with Gasteiger partial charge in [-0.25, -0.2) is 4.39 Å². The van der Waals surface area contributed by atoms with E-state index >= 15 is 0 Å². The first-order chi connectivity index (χ1) is 12.0. The van der Waals surface area contributed by atoms with Crippen molar-refractivity contribution in [2.45, 2.75) is 44.9 Å². The van der Waals surface area contributed by atoms with Crippen molar-refractivity contribution in [3.63, 3.8) is 0 Å². The lowest BCUT2D eigenvalue weighted by Gasteiger charge is -2.49. The fourth-order valence-corrected chi connectivity index (χ4v) is 6.87. The summed E-state index contributed by atoms with van der Waals surface area (Å²) in [6.07, 6.45) is 6.69. The molecule has 25 heavy (non-hydrogen) atoms. The number of carbonyl (C=O) groups excluding carboxylic acids is 1. The maximum Gasteiger partial charge on any atom is 0.229 e. The molecule has 4 aliphatic rings. The average molecular weight is 407 g/mol. The predicted octanol–water partition coefficient (Wildman–Crippen LogP) is 4.21. The highest BCUT2D eigenvalue weighted by molar-refractivity contribution is 9.10. The van der Waals surface area contributed by atoms with Gasteiger partial charge in [0.25, 0.3) is 0 Å². The molecule has 3 aliphatic carbocycles. The molecule has 134 valence electrons. The maximum absolute atomic E-state index is 13.8. The van der Waals surface area contributed by atoms with E-state index in [4.69, 9.17) is 0 Å². The summed E-state index contributed by atoms with van der Waals surface area (Å²) < 4.78 is 14.5. The van der Waals surface area contributed by atoms with Crippen LogP contribution in [-0.4, -0.2) is 25.5 Å². The zero-order valence-corrected chi connectivity index (χ0v) is 16.2. The number of amides is 1. The van der Waals surface area contributed by atoms with Crippen LogP contribution in [0.3, 0.4) is 0 Å². The minimum Gasteiger partial charge on any atom is -0.370 e. The Morgan fingerprint density at radius 1 is 1.40 bits per heavy atom. The molecular formula is C20H24BrFN2O. The molecule has 5 heteroatoms. The summed E-state index contributed by atoms with van der Waals surface area (Å²) in [4.78, 5) is 15.1. The Morgan fingerprint density at radius 3 is 2.88 bits per heavy atom. The minimum atomic E-state index is -0.258. The fraction of sp³-hybridized carbons (Fsp3) is 0.650. The lowest BCUT2D eigenvalue weighted by molar-refractivity contribution is -0.123. The van der Waals surface area contributed by atoms with Gasteiger partial charge in [0, 0.05) is 35.4 Å². The lowest BCUT2D eigenvalue weighted by Crippen LogP contribution is -2.49. The number of halogens is 2. The molecule has 4 atom stereocenters. The molecule has 1 aliphatic heterocycles. The molecule has 0 radical (unpaired) electrons. The molecule has 0 saturated heterocycles. The van der Waals surface area contributed by atoms with Gasteiger partial charge >= 0.3 is 0 Å². The highest BCUT2D eigenvalue weighted by Crippen LogP contribution is 2.81. The molecule has 1 amide bonds. The summed E-state index contributed by atoms with van der Waals surface area (Å²) >= 11 is 3.48. The van der Waals surface area contributed by atoms with Gasteiger partial charge in [-0.15, -0.1) is 0 Å². The van der Waals surface area contributed by atoms with Gasteiger partial charge in [0.05, 0.1) is 5.92 Å². The number of benzene rings is 1. The van der Waals surface area contributed by atoms with Crippen molar-refractivity contribution in [3.05, 3.63) is 28.0 Å². The van der Waals surface area contributed by atoms with Gasteiger partial charge in [-0.1, -0.05) is 15.9 Å². The van der Waals surface area contributed by atoms with Crippen LogP contribution in [-0.2, 0) is 4.79 Å². The summed E-state index contributed by atoms with van der Waals surface area (Å²) in [7, 11) is 0. The van der Waals surface area contributed by atoms with Gasteiger partial charge < -0.3 is 10.2 Å². The van der Waals surface area contributed by atoms with E-state index in [0.717, 1.165) is 30.3 Å². The van der Waals surface area contributed by atoms with Crippen LogP contribution >= 0.6 is 15.9 Å². The standard InChI is InChI=1S/C20H24BrFN2O/c1-2-24-10-14(17-15(21)7-13(22)8-16(17)24)18(25)23-11-19-4-3-12-9-20(12,19)6-5-19/h7-8,12,14H,2-6,9-11H2,1H3,(H,23,25). The number of anilines is 1. The van der Waals surface area contributed by atoms with Crippen LogP contribution in [0.15, 0.2) is 16.6 Å². The number of likely N-dealkylation sites (N-methyl/N-ethyl adjacent to an activating group) is 1. The molecule has 0 bridgehead atoms. The van der Waals surface area contributed by atoms with E-state index in [1.807, 2.05) is 6.92 Å². The molecule has 0 aromatic heterocycles. The zero-order valence-electron chi connectivity index (χ0n) is 14.6. The number of fused-ring (bicyclic) bond motifs is 1. The van der Waals surface area contributed by atoms with Gasteiger partial charge in [0.1, 0.15) is 5.82 Å². The van der Waals surface area contributed by atoms with Crippen LogP contribution in [0.2, 0.25) is 0 Å². The van der Waals surface area contributed by atoms with Crippen LogP contribution in [0.5, 0.6) is 0 Å². The third-order valence-corrected chi connectivity index (χ3v) is 8.43. The van der Waals surface area contributed by atoms with Gasteiger partial charge in [-0.05, 0) is 67.9 Å². The molecule has 5 rings (SSSR count). The second kappa shape index (κ2) is 5.21. The van der Waals surface area contributed by atoms with Crippen LogP contribution in [0.4, 0.5) is 10.1 Å². The van der Waals surface area contributed by atoms with E-state index in [9.17, 15) is 9.18 Å². The molecule has 4 unspecified atom stereocenters. The van der Waals surface area contributed by atoms with Crippen molar-refractivity contribution in [2.24, 2.45) is 16.7 Å². The molecule has 1 spiro atoms. The number of carbonyl (C=O) groups is 1. The van der Waals surface area contributed by atoms with Crippen molar-refractivity contribution in [1.29, 1.82) is 0 Å². The topological polar surface area (TPSA) is 32.3 Å². The Morgan fingerprint density at radius 2 is 2.24 bits per heavy atom. The number of rotatable bonds is 4. The Kier molecular flexibility index (Phi) is 3.36. The maximum atomic E-state index is 13.8. The molecule has 1 aromatic carbocycles. The van der Waals surface area contributed by atoms with Crippen LogP contribution in [0.25, 0.3) is 0 Å². The van der Waals surface area contributed by atoms with Gasteiger partial charge in [-0.2, -0.15) is 0 Å². The average Bonchev–Trinajstić information content (AvgIpc) is 3.16. The SMILES string of the molecule is CCN1CC(C(=O)NCC23CCC4CC42CC3)c2c(Br)cc(F)cc21. The largest absolute Gasteiger partial charge is 0.370 e. The summed E-state index contributed by atoms with van der Waals surface area (Å²) in [5.41, 5.74) is 2.78. The van der Waals surface area contributed by atoms with E-state index in [0.29, 0.717) is 21.8 Å². The lowest BCUT2D eigenvalue weighted by atomic mass is 9.57. The first-order valence-electron chi connectivity index (χ1n) is 9.51. The van der Waals surface area contributed by atoms with Crippen LogP contribution in [0, 0.1) is 22.6 Å². The third-order valence-electron chi connectivity index (χ3n) is 7.77. The first kappa shape index (κ1) is 16.1. The summed E-state index contributed by atoms with van der Waals surface area (Å²) in [6, 6.07) is 3.03. The van der Waals surface area contributed by atoms with Crippen molar-refractivity contribution in [1.82, 2.24) is 5.32 Å². The number of nitrogens with one attached hydrogen (secondary N) is 1. The van der Waals surface area contributed by atoms with E-state index in [2.05, 4.69) is 26.1 Å². The predicted molar refractivity (Wildman–Crippen MR) is 99.2 cm³/mol. The first-order valence-corrected chi connectivity index (χ1v) is 10.3. The van der Waals surface area contributed by atoms with Crippen molar-refractivity contribution < 1.29 is 9.18 Å². The van der Waals surface area contributed by atoms with Crippen molar-refractivity contribution in [3.8, 4) is 0 Å². The van der Waals surface area contributed by atoms with Crippen LogP contribution < -0.4 is 10.2 Å². The normalized spacial score (nSPS) is 37.2. The zero-order chi connectivity index (χ0) is 17.4. The number of nitrogens with zero attached hydrogens (tertiary/aromatic N) is 1. The number of hydrogen-bond donors (Lipinski definition) is 1. The van der Waals surface area contributed by atoms with Gasteiger partial charge in [0.15, 0.2) is 0 Å².